The Kier molecular flexibility index (Phi) is 6.15. The van der Waals surface area contributed by atoms with Gasteiger partial charge in [-0.25, -0.2) is 4.79 Å². The number of thiophene rings is 1. The largest absolute Gasteiger partial charge is 0.465 e. The monoisotopic (exact) mass is 345 g/mol. The summed E-state index contributed by atoms with van der Waals surface area (Å²) in [6.45, 7) is 5.93. The molecule has 0 aliphatic carbocycles. The first-order chi connectivity index (χ1) is 11.5. The summed E-state index contributed by atoms with van der Waals surface area (Å²) >= 11 is 1.43. The molecule has 4 nitrogen and oxygen atoms in total. The van der Waals surface area contributed by atoms with Gasteiger partial charge in [0.1, 0.15) is 5.00 Å². The van der Waals surface area contributed by atoms with Crippen LogP contribution in [0.3, 0.4) is 0 Å². The van der Waals surface area contributed by atoms with Crippen molar-refractivity contribution in [3.8, 4) is 0 Å². The van der Waals surface area contributed by atoms with Gasteiger partial charge in [0.15, 0.2) is 0 Å². The van der Waals surface area contributed by atoms with E-state index in [4.69, 9.17) is 4.74 Å². The van der Waals surface area contributed by atoms with Crippen LogP contribution in [0.15, 0.2) is 30.3 Å². The van der Waals surface area contributed by atoms with Crippen LogP contribution in [0.25, 0.3) is 0 Å². The Morgan fingerprint density at radius 3 is 2.42 bits per heavy atom. The van der Waals surface area contributed by atoms with Crippen LogP contribution in [0, 0.1) is 6.92 Å². The summed E-state index contributed by atoms with van der Waals surface area (Å²) in [5.41, 5.74) is 2.40. The Hall–Kier alpha value is -2.14. The molecule has 0 bridgehead atoms. The lowest BCUT2D eigenvalue weighted by Gasteiger charge is -2.15. The Morgan fingerprint density at radius 1 is 1.21 bits per heavy atom. The van der Waals surface area contributed by atoms with Gasteiger partial charge in [-0.15, -0.1) is 11.3 Å². The predicted molar refractivity (Wildman–Crippen MR) is 97.9 cm³/mol. The van der Waals surface area contributed by atoms with Crippen molar-refractivity contribution < 1.29 is 14.3 Å². The first kappa shape index (κ1) is 18.2. The van der Waals surface area contributed by atoms with Gasteiger partial charge in [-0.1, -0.05) is 44.2 Å². The zero-order chi connectivity index (χ0) is 17.7. The summed E-state index contributed by atoms with van der Waals surface area (Å²) in [5.74, 6) is -0.749. The lowest BCUT2D eigenvalue weighted by molar-refractivity contribution is -0.117. The third-order valence-electron chi connectivity index (χ3n) is 4.12. The first-order valence-corrected chi connectivity index (χ1v) is 8.91. The summed E-state index contributed by atoms with van der Waals surface area (Å²) in [5, 5.41) is 3.53. The number of anilines is 1. The van der Waals surface area contributed by atoms with Crippen molar-refractivity contribution in [1.82, 2.24) is 0 Å². The van der Waals surface area contributed by atoms with Crippen LogP contribution in [-0.4, -0.2) is 19.0 Å². The molecular formula is C19H23NO3S. The fourth-order valence-electron chi connectivity index (χ4n) is 2.87. The summed E-state index contributed by atoms with van der Waals surface area (Å²) < 4.78 is 4.90. The maximum Gasteiger partial charge on any atom is 0.341 e. The van der Waals surface area contributed by atoms with E-state index in [2.05, 4.69) is 5.32 Å². The number of hydrogen-bond acceptors (Lipinski definition) is 4. The Bertz CT molecular complexity index is 722. The quantitative estimate of drug-likeness (QED) is 0.782. The lowest BCUT2D eigenvalue weighted by atomic mass is 9.95. The standard InChI is InChI=1S/C19H23NO3S/c1-5-14-12(3)24-18(16(14)19(22)23-4)20-17(21)15(6-2)13-10-8-7-9-11-13/h7-11,15H,5-6H2,1-4H3,(H,20,21)/t15-/m0/s1. The minimum Gasteiger partial charge on any atom is -0.465 e. The van der Waals surface area contributed by atoms with Crippen molar-refractivity contribution >= 4 is 28.2 Å². The molecule has 1 amide bonds. The van der Waals surface area contributed by atoms with Crippen molar-refractivity contribution in [1.29, 1.82) is 0 Å². The van der Waals surface area contributed by atoms with Crippen molar-refractivity contribution in [2.45, 2.75) is 39.5 Å². The van der Waals surface area contributed by atoms with Crippen molar-refractivity contribution in [3.05, 3.63) is 51.9 Å². The zero-order valence-electron chi connectivity index (χ0n) is 14.5. The minimum atomic E-state index is -0.403. The van der Waals surface area contributed by atoms with Crippen LogP contribution in [-0.2, 0) is 16.0 Å². The summed E-state index contributed by atoms with van der Waals surface area (Å²) in [4.78, 5) is 25.9. The number of carbonyl (C=O) groups excluding carboxylic acids is 2. The van der Waals surface area contributed by atoms with Gasteiger partial charge in [0, 0.05) is 4.88 Å². The van der Waals surface area contributed by atoms with Crippen LogP contribution in [0.4, 0.5) is 5.00 Å². The molecule has 1 atom stereocenters. The molecule has 2 aromatic rings. The van der Waals surface area contributed by atoms with Gasteiger partial charge in [0.25, 0.3) is 0 Å². The van der Waals surface area contributed by atoms with Gasteiger partial charge in [-0.05, 0) is 30.9 Å². The zero-order valence-corrected chi connectivity index (χ0v) is 15.3. The number of rotatable bonds is 6. The molecule has 0 saturated carbocycles. The number of nitrogens with one attached hydrogen (secondary N) is 1. The van der Waals surface area contributed by atoms with E-state index in [-0.39, 0.29) is 11.8 Å². The van der Waals surface area contributed by atoms with E-state index in [9.17, 15) is 9.59 Å². The number of benzene rings is 1. The van der Waals surface area contributed by atoms with Gasteiger partial charge in [-0.2, -0.15) is 0 Å². The van der Waals surface area contributed by atoms with Crippen LogP contribution >= 0.6 is 11.3 Å². The molecule has 5 heteroatoms. The van der Waals surface area contributed by atoms with E-state index in [0.717, 1.165) is 22.4 Å². The van der Waals surface area contributed by atoms with Gasteiger partial charge >= 0.3 is 5.97 Å². The fraction of sp³-hybridized carbons (Fsp3) is 0.368. The minimum absolute atomic E-state index is 0.0993. The highest BCUT2D eigenvalue weighted by Crippen LogP contribution is 2.35. The Morgan fingerprint density at radius 2 is 1.88 bits per heavy atom. The van der Waals surface area contributed by atoms with Crippen LogP contribution in [0.1, 0.15) is 52.5 Å². The SMILES string of the molecule is CCc1c(C)sc(NC(=O)[C@@H](CC)c2ccccc2)c1C(=O)OC. The molecule has 0 unspecified atom stereocenters. The third-order valence-corrected chi connectivity index (χ3v) is 5.18. The second-order valence-electron chi connectivity index (χ2n) is 5.55. The van der Waals surface area contributed by atoms with Crippen molar-refractivity contribution in [2.75, 3.05) is 12.4 Å². The lowest BCUT2D eigenvalue weighted by Crippen LogP contribution is -2.21. The van der Waals surface area contributed by atoms with Gasteiger partial charge in [0.2, 0.25) is 5.91 Å². The molecular weight excluding hydrogens is 322 g/mol. The number of ether oxygens (including phenoxy) is 1. The maximum absolute atomic E-state index is 12.8. The summed E-state index contributed by atoms with van der Waals surface area (Å²) in [7, 11) is 1.36. The van der Waals surface area contributed by atoms with E-state index in [1.807, 2.05) is 51.1 Å². The van der Waals surface area contributed by atoms with Crippen molar-refractivity contribution in [2.24, 2.45) is 0 Å². The topological polar surface area (TPSA) is 55.4 Å². The average molecular weight is 345 g/mol. The first-order valence-electron chi connectivity index (χ1n) is 8.09. The van der Waals surface area contributed by atoms with Crippen molar-refractivity contribution in [3.63, 3.8) is 0 Å². The van der Waals surface area contributed by atoms with Crippen LogP contribution in [0.2, 0.25) is 0 Å². The van der Waals surface area contributed by atoms with Gasteiger partial charge in [-0.3, -0.25) is 4.79 Å². The number of esters is 1. The average Bonchev–Trinajstić information content (AvgIpc) is 2.90. The van der Waals surface area contributed by atoms with E-state index >= 15 is 0 Å². The highest BCUT2D eigenvalue weighted by atomic mass is 32.1. The summed E-state index contributed by atoms with van der Waals surface area (Å²) in [6, 6.07) is 9.68. The molecule has 1 heterocycles. The Balaban J connectivity index is 2.33. The van der Waals surface area contributed by atoms with E-state index < -0.39 is 5.97 Å². The second-order valence-corrected chi connectivity index (χ2v) is 6.77. The van der Waals surface area contributed by atoms with E-state index in [0.29, 0.717) is 17.0 Å². The molecule has 2 rings (SSSR count). The number of aryl methyl sites for hydroxylation is 1. The number of methoxy groups -OCH3 is 1. The van der Waals surface area contributed by atoms with Gasteiger partial charge in [0.05, 0.1) is 18.6 Å². The normalized spacial score (nSPS) is 11.8. The highest BCUT2D eigenvalue weighted by Gasteiger charge is 2.25. The Labute approximate surface area is 146 Å². The molecule has 0 aliphatic rings. The molecule has 1 aromatic carbocycles. The molecule has 0 fully saturated rings. The molecule has 128 valence electrons. The van der Waals surface area contributed by atoms with E-state index in [1.54, 1.807) is 0 Å². The van der Waals surface area contributed by atoms with E-state index in [1.165, 1.54) is 18.4 Å². The maximum atomic E-state index is 12.8. The van der Waals surface area contributed by atoms with Crippen LogP contribution < -0.4 is 5.32 Å². The number of amides is 1. The van der Waals surface area contributed by atoms with Gasteiger partial charge < -0.3 is 10.1 Å². The third kappa shape index (κ3) is 3.67. The smallest absolute Gasteiger partial charge is 0.341 e. The van der Waals surface area contributed by atoms with Crippen LogP contribution in [0.5, 0.6) is 0 Å². The number of hydrogen-bond donors (Lipinski definition) is 1. The number of carbonyl (C=O) groups is 2. The fourth-order valence-corrected chi connectivity index (χ4v) is 4.00. The molecule has 0 aliphatic heterocycles. The molecule has 24 heavy (non-hydrogen) atoms. The predicted octanol–water partition coefficient (Wildman–Crippen LogP) is 4.54. The molecule has 0 radical (unpaired) electrons. The molecule has 1 aromatic heterocycles. The highest BCUT2D eigenvalue weighted by molar-refractivity contribution is 7.16. The molecule has 0 spiro atoms. The summed E-state index contributed by atoms with van der Waals surface area (Å²) in [6.07, 6.45) is 1.41. The second kappa shape index (κ2) is 8.11. The molecule has 1 N–H and O–H groups in total. The molecule has 0 saturated heterocycles.